The van der Waals surface area contributed by atoms with E-state index in [-0.39, 0.29) is 24.3 Å². The third-order valence-corrected chi connectivity index (χ3v) is 7.94. The first kappa shape index (κ1) is 21.9. The van der Waals surface area contributed by atoms with Crippen molar-refractivity contribution in [3.05, 3.63) is 106 Å². The average molecular weight is 484 g/mol. The van der Waals surface area contributed by atoms with Gasteiger partial charge in [-0.1, -0.05) is 77.8 Å². The first-order valence-electron chi connectivity index (χ1n) is 11.9. The van der Waals surface area contributed by atoms with E-state index in [0.29, 0.717) is 18.1 Å². The van der Waals surface area contributed by atoms with Gasteiger partial charge in [0.1, 0.15) is 6.54 Å². The van der Waals surface area contributed by atoms with Gasteiger partial charge in [-0.3, -0.25) is 9.59 Å². The van der Waals surface area contributed by atoms with Crippen LogP contribution in [0, 0.1) is 6.92 Å². The summed E-state index contributed by atoms with van der Waals surface area (Å²) >= 11 is 6.65. The number of rotatable bonds is 3. The van der Waals surface area contributed by atoms with Crippen molar-refractivity contribution < 1.29 is 9.59 Å². The van der Waals surface area contributed by atoms with Crippen LogP contribution in [0.3, 0.4) is 0 Å². The molecule has 0 bridgehead atoms. The number of amides is 2. The largest absolute Gasteiger partial charge is 0.356 e. The zero-order valence-electron chi connectivity index (χ0n) is 19.7. The molecule has 0 radical (unpaired) electrons. The molecule has 1 N–H and O–H groups in total. The van der Waals surface area contributed by atoms with Crippen molar-refractivity contribution in [3.8, 4) is 0 Å². The van der Waals surface area contributed by atoms with Crippen LogP contribution in [0.15, 0.2) is 72.8 Å². The van der Waals surface area contributed by atoms with Crippen molar-refractivity contribution in [1.82, 2.24) is 14.8 Å². The van der Waals surface area contributed by atoms with Crippen molar-refractivity contribution in [1.29, 1.82) is 0 Å². The number of aromatic amines is 1. The first-order chi connectivity index (χ1) is 16.9. The smallest absolute Gasteiger partial charge is 0.255 e. The summed E-state index contributed by atoms with van der Waals surface area (Å²) in [5, 5.41) is 1.72. The van der Waals surface area contributed by atoms with E-state index in [9.17, 15) is 9.59 Å². The first-order valence-corrected chi connectivity index (χ1v) is 12.3. The second-order valence-electron chi connectivity index (χ2n) is 9.76. The van der Waals surface area contributed by atoms with Gasteiger partial charge in [0.05, 0.1) is 5.69 Å². The van der Waals surface area contributed by atoms with Crippen LogP contribution in [0.2, 0.25) is 5.02 Å². The summed E-state index contributed by atoms with van der Waals surface area (Å²) in [7, 11) is 0. The lowest BCUT2D eigenvalue weighted by atomic mass is 9.76. The molecule has 0 spiro atoms. The summed E-state index contributed by atoms with van der Waals surface area (Å²) in [5.74, 6) is -0.257. The molecule has 6 rings (SSSR count). The van der Waals surface area contributed by atoms with E-state index in [1.807, 2.05) is 80.6 Å². The van der Waals surface area contributed by atoms with E-state index in [2.05, 4.69) is 11.1 Å². The summed E-state index contributed by atoms with van der Waals surface area (Å²) in [4.78, 5) is 34.7. The maximum absolute atomic E-state index is 14.1. The average Bonchev–Trinajstić information content (AvgIpc) is 3.25. The number of hydrogen-bond acceptors (Lipinski definition) is 2. The molecule has 2 amide bonds. The monoisotopic (exact) mass is 483 g/mol. The van der Waals surface area contributed by atoms with Crippen LogP contribution in [0.5, 0.6) is 0 Å². The predicted molar refractivity (Wildman–Crippen MR) is 137 cm³/mol. The van der Waals surface area contributed by atoms with Gasteiger partial charge in [-0.2, -0.15) is 0 Å². The van der Waals surface area contributed by atoms with Crippen molar-refractivity contribution in [2.75, 3.05) is 13.1 Å². The van der Waals surface area contributed by atoms with E-state index in [1.165, 1.54) is 0 Å². The minimum absolute atomic E-state index is 0.0550. The number of H-pyrrole nitrogens is 1. The van der Waals surface area contributed by atoms with Gasteiger partial charge in [0.2, 0.25) is 5.91 Å². The SMILES string of the molecule is Cc1ccc(CN2CC(=O)N3CC(c4ccccc4Cl)c4c([nH]c5ccccc45)[C@@]3(C)C2=O)cc1. The van der Waals surface area contributed by atoms with Crippen LogP contribution in [-0.2, 0) is 21.7 Å². The molecule has 176 valence electrons. The lowest BCUT2D eigenvalue weighted by Gasteiger charge is -2.51. The Morgan fingerprint density at radius 1 is 1.00 bits per heavy atom. The molecule has 1 aromatic heterocycles. The summed E-state index contributed by atoms with van der Waals surface area (Å²) in [6.45, 7) is 4.78. The zero-order chi connectivity index (χ0) is 24.3. The third-order valence-electron chi connectivity index (χ3n) is 7.59. The molecule has 3 heterocycles. The van der Waals surface area contributed by atoms with Gasteiger partial charge in [-0.15, -0.1) is 0 Å². The van der Waals surface area contributed by atoms with Crippen molar-refractivity contribution in [2.45, 2.75) is 31.8 Å². The fraction of sp³-hybridized carbons (Fsp3) is 0.241. The summed E-state index contributed by atoms with van der Waals surface area (Å²) in [6.07, 6.45) is 0. The van der Waals surface area contributed by atoms with Crippen LogP contribution >= 0.6 is 11.6 Å². The van der Waals surface area contributed by atoms with Crippen molar-refractivity contribution in [3.63, 3.8) is 0 Å². The molecule has 1 fully saturated rings. The molecule has 1 unspecified atom stereocenters. The van der Waals surface area contributed by atoms with Gasteiger partial charge in [-0.05, 0) is 42.7 Å². The Morgan fingerprint density at radius 2 is 1.71 bits per heavy atom. The van der Waals surface area contributed by atoms with E-state index in [4.69, 9.17) is 11.6 Å². The molecule has 2 atom stereocenters. The quantitative estimate of drug-likeness (QED) is 0.426. The molecule has 35 heavy (non-hydrogen) atoms. The van der Waals surface area contributed by atoms with E-state index in [1.54, 1.807) is 9.80 Å². The fourth-order valence-electron chi connectivity index (χ4n) is 5.76. The highest BCUT2D eigenvalue weighted by atomic mass is 35.5. The molecule has 0 saturated carbocycles. The van der Waals surface area contributed by atoms with Crippen LogP contribution in [0.1, 0.15) is 40.8 Å². The number of hydrogen-bond donors (Lipinski definition) is 1. The van der Waals surface area contributed by atoms with Gasteiger partial charge >= 0.3 is 0 Å². The molecule has 3 aromatic carbocycles. The predicted octanol–water partition coefficient (Wildman–Crippen LogP) is 5.36. The Hall–Kier alpha value is -3.57. The van der Waals surface area contributed by atoms with Crippen LogP contribution < -0.4 is 0 Å². The second-order valence-corrected chi connectivity index (χ2v) is 10.2. The van der Waals surface area contributed by atoms with Gasteiger partial charge in [0, 0.05) is 34.9 Å². The summed E-state index contributed by atoms with van der Waals surface area (Å²) in [5.41, 5.74) is 4.79. The van der Waals surface area contributed by atoms with Gasteiger partial charge < -0.3 is 14.8 Å². The normalized spacial score (nSPS) is 21.9. The van der Waals surface area contributed by atoms with Crippen LogP contribution in [-0.4, -0.2) is 39.7 Å². The van der Waals surface area contributed by atoms with E-state index >= 15 is 0 Å². The molecule has 6 heteroatoms. The number of carbonyl (C=O) groups excluding carboxylic acids is 2. The summed E-state index contributed by atoms with van der Waals surface area (Å²) in [6, 6.07) is 24.0. The maximum Gasteiger partial charge on any atom is 0.255 e. The van der Waals surface area contributed by atoms with Crippen molar-refractivity contribution >= 4 is 34.3 Å². The minimum Gasteiger partial charge on any atom is -0.356 e. The second kappa shape index (κ2) is 7.99. The number of nitrogens with zero attached hydrogens (tertiary/aromatic N) is 2. The number of para-hydroxylation sites is 1. The summed E-state index contributed by atoms with van der Waals surface area (Å²) < 4.78 is 0. The number of halogens is 1. The van der Waals surface area contributed by atoms with Crippen molar-refractivity contribution in [2.24, 2.45) is 0 Å². The Kier molecular flexibility index (Phi) is 5.01. The lowest BCUT2D eigenvalue weighted by molar-refractivity contribution is -0.166. The number of benzene rings is 3. The van der Waals surface area contributed by atoms with E-state index in [0.717, 1.165) is 38.9 Å². The topological polar surface area (TPSA) is 56.4 Å². The Morgan fingerprint density at radius 3 is 2.49 bits per heavy atom. The number of nitrogens with one attached hydrogen (secondary N) is 1. The number of fused-ring (bicyclic) bond motifs is 5. The number of carbonyl (C=O) groups is 2. The Balaban J connectivity index is 1.51. The van der Waals surface area contributed by atoms with Gasteiger partial charge in [-0.25, -0.2) is 0 Å². The Bertz CT molecular complexity index is 1480. The zero-order valence-corrected chi connectivity index (χ0v) is 20.5. The molecule has 2 aliphatic rings. The highest BCUT2D eigenvalue weighted by Gasteiger charge is 2.56. The van der Waals surface area contributed by atoms with E-state index < -0.39 is 5.54 Å². The Labute approximate surface area is 209 Å². The highest BCUT2D eigenvalue weighted by Crippen LogP contribution is 2.49. The molecule has 2 aliphatic heterocycles. The number of piperazine rings is 1. The van der Waals surface area contributed by atoms with Crippen LogP contribution in [0.4, 0.5) is 0 Å². The molecule has 0 aliphatic carbocycles. The fourth-order valence-corrected chi connectivity index (χ4v) is 6.02. The molecule has 5 nitrogen and oxygen atoms in total. The standard InChI is InChI=1S/C29H26ClN3O2/c1-18-11-13-19(14-12-18)15-32-17-25(34)33-16-22(20-7-3-5-9-23(20)30)26-21-8-4-6-10-24(21)31-27(26)29(33,2)28(32)35/h3-14,22,31H,15-17H2,1-2H3/t22?,29-/m0/s1. The molecule has 1 saturated heterocycles. The highest BCUT2D eigenvalue weighted by molar-refractivity contribution is 6.31. The minimum atomic E-state index is -1.12. The maximum atomic E-state index is 14.1. The molecule has 4 aromatic rings. The van der Waals surface area contributed by atoms with Gasteiger partial charge in [0.15, 0.2) is 5.54 Å². The van der Waals surface area contributed by atoms with Crippen LogP contribution in [0.25, 0.3) is 10.9 Å². The number of aryl methyl sites for hydroxylation is 1. The van der Waals surface area contributed by atoms with Gasteiger partial charge in [0.25, 0.3) is 5.91 Å². The number of aromatic nitrogens is 1. The molecular formula is C29H26ClN3O2. The third kappa shape index (κ3) is 3.29. The lowest BCUT2D eigenvalue weighted by Crippen LogP contribution is -2.67. The molecular weight excluding hydrogens is 458 g/mol.